The number of aryl methyl sites for hydroxylation is 3. The second-order valence-corrected chi connectivity index (χ2v) is 6.36. The van der Waals surface area contributed by atoms with Gasteiger partial charge in [-0.2, -0.15) is 10.1 Å². The van der Waals surface area contributed by atoms with Gasteiger partial charge in [-0.25, -0.2) is 0 Å². The maximum absolute atomic E-state index is 12.2. The summed E-state index contributed by atoms with van der Waals surface area (Å²) in [6, 6.07) is 10.2. The SMILES string of the molecule is Cc1noc(CCCC(=O)Nc2nn([C@H](C)c3ccccc3)cc2C)n1. The van der Waals surface area contributed by atoms with E-state index in [2.05, 4.69) is 39.6 Å². The Balaban J connectivity index is 1.56. The van der Waals surface area contributed by atoms with Crippen LogP contribution in [0.1, 0.15) is 48.6 Å². The molecule has 7 nitrogen and oxygen atoms in total. The first-order valence-corrected chi connectivity index (χ1v) is 8.72. The molecule has 0 spiro atoms. The molecule has 1 aromatic carbocycles. The summed E-state index contributed by atoms with van der Waals surface area (Å²) < 4.78 is 6.92. The van der Waals surface area contributed by atoms with Crippen LogP contribution in [0.3, 0.4) is 0 Å². The molecule has 0 radical (unpaired) electrons. The van der Waals surface area contributed by atoms with E-state index in [9.17, 15) is 4.79 Å². The minimum atomic E-state index is -0.0676. The van der Waals surface area contributed by atoms with Crippen molar-refractivity contribution in [2.75, 3.05) is 5.32 Å². The Morgan fingerprint density at radius 1 is 1.27 bits per heavy atom. The molecule has 0 aliphatic carbocycles. The van der Waals surface area contributed by atoms with Crippen LogP contribution in [0.4, 0.5) is 5.82 Å². The molecule has 2 heterocycles. The van der Waals surface area contributed by atoms with Gasteiger partial charge in [0, 0.05) is 24.6 Å². The lowest BCUT2D eigenvalue weighted by Gasteiger charge is -2.12. The molecule has 0 aliphatic heterocycles. The van der Waals surface area contributed by atoms with Crippen molar-refractivity contribution in [2.45, 2.75) is 46.1 Å². The predicted molar refractivity (Wildman–Crippen MR) is 97.8 cm³/mol. The Hall–Kier alpha value is -2.96. The van der Waals surface area contributed by atoms with Gasteiger partial charge >= 0.3 is 0 Å². The first kappa shape index (κ1) is 17.8. The first-order chi connectivity index (χ1) is 12.5. The third kappa shape index (κ3) is 4.36. The van der Waals surface area contributed by atoms with E-state index >= 15 is 0 Å². The van der Waals surface area contributed by atoms with E-state index in [0.29, 0.717) is 36.8 Å². The summed E-state index contributed by atoms with van der Waals surface area (Å²) in [6.45, 7) is 5.80. The molecular formula is C19H23N5O2. The molecule has 136 valence electrons. The number of anilines is 1. The molecule has 0 unspecified atom stereocenters. The van der Waals surface area contributed by atoms with Crippen molar-refractivity contribution in [3.05, 3.63) is 59.4 Å². The molecule has 0 saturated heterocycles. The smallest absolute Gasteiger partial charge is 0.226 e. The maximum atomic E-state index is 12.2. The average Bonchev–Trinajstić information content (AvgIpc) is 3.21. The largest absolute Gasteiger partial charge is 0.339 e. The normalized spacial score (nSPS) is 12.1. The molecule has 1 amide bonds. The van der Waals surface area contributed by atoms with Crippen LogP contribution in [0.25, 0.3) is 0 Å². The molecule has 3 aromatic rings. The Kier molecular flexibility index (Phi) is 5.46. The van der Waals surface area contributed by atoms with E-state index in [-0.39, 0.29) is 11.9 Å². The number of carbonyl (C=O) groups excluding carboxylic acids is 1. The standard InChI is InChI=1S/C19H23N5O2/c1-13-12-24(14(2)16-8-5-4-6-9-16)22-19(13)21-17(25)10-7-11-18-20-15(3)23-26-18/h4-6,8-9,12,14H,7,10-11H2,1-3H3,(H,21,22,25)/t14-/m1/s1. The van der Waals surface area contributed by atoms with Gasteiger partial charge in [0.2, 0.25) is 11.8 Å². The van der Waals surface area contributed by atoms with Gasteiger partial charge in [-0.05, 0) is 32.8 Å². The Morgan fingerprint density at radius 3 is 2.73 bits per heavy atom. The molecule has 3 rings (SSSR count). The maximum Gasteiger partial charge on any atom is 0.226 e. The quantitative estimate of drug-likeness (QED) is 0.703. The molecule has 1 atom stereocenters. The highest BCUT2D eigenvalue weighted by Crippen LogP contribution is 2.21. The number of rotatable bonds is 7. The minimum Gasteiger partial charge on any atom is -0.339 e. The van der Waals surface area contributed by atoms with Crippen molar-refractivity contribution >= 4 is 11.7 Å². The molecule has 1 N–H and O–H groups in total. The zero-order chi connectivity index (χ0) is 18.5. The molecule has 0 aliphatic rings. The van der Waals surface area contributed by atoms with Gasteiger partial charge in [0.15, 0.2) is 11.6 Å². The lowest BCUT2D eigenvalue weighted by molar-refractivity contribution is -0.116. The molecule has 0 fully saturated rings. The van der Waals surface area contributed by atoms with Crippen molar-refractivity contribution in [2.24, 2.45) is 0 Å². The van der Waals surface area contributed by atoms with E-state index in [1.54, 1.807) is 6.92 Å². The van der Waals surface area contributed by atoms with Crippen LogP contribution in [0, 0.1) is 13.8 Å². The summed E-state index contributed by atoms with van der Waals surface area (Å²) in [5, 5.41) is 11.2. The van der Waals surface area contributed by atoms with Crippen LogP contribution in [0.5, 0.6) is 0 Å². The molecule has 26 heavy (non-hydrogen) atoms. The Morgan fingerprint density at radius 2 is 2.04 bits per heavy atom. The number of hydrogen-bond donors (Lipinski definition) is 1. The zero-order valence-electron chi connectivity index (χ0n) is 15.3. The van der Waals surface area contributed by atoms with Crippen LogP contribution in [0.15, 0.2) is 41.1 Å². The lowest BCUT2D eigenvalue weighted by Crippen LogP contribution is -2.14. The number of carbonyl (C=O) groups is 1. The second kappa shape index (κ2) is 7.95. The van der Waals surface area contributed by atoms with Crippen molar-refractivity contribution in [3.63, 3.8) is 0 Å². The van der Waals surface area contributed by atoms with Crippen molar-refractivity contribution in [1.82, 2.24) is 19.9 Å². The van der Waals surface area contributed by atoms with E-state index in [1.165, 1.54) is 5.56 Å². The van der Waals surface area contributed by atoms with Crippen LogP contribution < -0.4 is 5.32 Å². The van der Waals surface area contributed by atoms with E-state index in [4.69, 9.17) is 4.52 Å². The lowest BCUT2D eigenvalue weighted by atomic mass is 10.1. The fourth-order valence-electron chi connectivity index (χ4n) is 2.73. The van der Waals surface area contributed by atoms with Gasteiger partial charge in [-0.1, -0.05) is 35.5 Å². The third-order valence-corrected chi connectivity index (χ3v) is 4.22. The van der Waals surface area contributed by atoms with Crippen LogP contribution >= 0.6 is 0 Å². The molecule has 7 heteroatoms. The van der Waals surface area contributed by atoms with Gasteiger partial charge in [-0.15, -0.1) is 0 Å². The summed E-state index contributed by atoms with van der Waals surface area (Å²) in [7, 11) is 0. The molecule has 0 saturated carbocycles. The first-order valence-electron chi connectivity index (χ1n) is 8.72. The van der Waals surface area contributed by atoms with Gasteiger partial charge in [0.1, 0.15) is 0 Å². The summed E-state index contributed by atoms with van der Waals surface area (Å²) in [5.41, 5.74) is 2.11. The van der Waals surface area contributed by atoms with Gasteiger partial charge in [0.05, 0.1) is 6.04 Å². The molecule has 2 aromatic heterocycles. The van der Waals surface area contributed by atoms with Crippen molar-refractivity contribution in [3.8, 4) is 0 Å². The third-order valence-electron chi connectivity index (χ3n) is 4.22. The number of amides is 1. The van der Waals surface area contributed by atoms with Gasteiger partial charge < -0.3 is 9.84 Å². The van der Waals surface area contributed by atoms with Crippen LogP contribution in [-0.4, -0.2) is 25.8 Å². The summed E-state index contributed by atoms with van der Waals surface area (Å²) in [5.74, 6) is 1.71. The second-order valence-electron chi connectivity index (χ2n) is 6.36. The molecule has 0 bridgehead atoms. The zero-order valence-corrected chi connectivity index (χ0v) is 15.3. The highest BCUT2D eigenvalue weighted by atomic mass is 16.5. The Labute approximate surface area is 152 Å². The van der Waals surface area contributed by atoms with Crippen molar-refractivity contribution < 1.29 is 9.32 Å². The summed E-state index contributed by atoms with van der Waals surface area (Å²) in [4.78, 5) is 16.3. The molecular weight excluding hydrogens is 330 g/mol. The highest BCUT2D eigenvalue weighted by molar-refractivity contribution is 5.90. The monoisotopic (exact) mass is 353 g/mol. The predicted octanol–water partition coefficient (Wildman–Crippen LogP) is 3.45. The topological polar surface area (TPSA) is 85.8 Å². The number of nitrogens with one attached hydrogen (secondary N) is 1. The number of hydrogen-bond acceptors (Lipinski definition) is 5. The summed E-state index contributed by atoms with van der Waals surface area (Å²) >= 11 is 0. The van der Waals surface area contributed by atoms with E-state index in [1.807, 2.05) is 36.0 Å². The van der Waals surface area contributed by atoms with Gasteiger partial charge in [-0.3, -0.25) is 9.48 Å². The van der Waals surface area contributed by atoms with Crippen LogP contribution in [-0.2, 0) is 11.2 Å². The highest BCUT2D eigenvalue weighted by Gasteiger charge is 2.14. The number of benzene rings is 1. The fourth-order valence-corrected chi connectivity index (χ4v) is 2.73. The van der Waals surface area contributed by atoms with Gasteiger partial charge in [0.25, 0.3) is 0 Å². The fraction of sp³-hybridized carbons (Fsp3) is 0.368. The summed E-state index contributed by atoms with van der Waals surface area (Å²) in [6.07, 6.45) is 3.57. The van der Waals surface area contributed by atoms with E-state index < -0.39 is 0 Å². The van der Waals surface area contributed by atoms with Crippen molar-refractivity contribution in [1.29, 1.82) is 0 Å². The minimum absolute atomic E-state index is 0.0676. The number of nitrogens with zero attached hydrogens (tertiary/aromatic N) is 4. The Bertz CT molecular complexity index is 869. The average molecular weight is 353 g/mol. The van der Waals surface area contributed by atoms with E-state index in [0.717, 1.165) is 5.56 Å². The van der Waals surface area contributed by atoms with Crippen LogP contribution in [0.2, 0.25) is 0 Å². The number of aromatic nitrogens is 4.